The molecule has 0 radical (unpaired) electrons. The van der Waals surface area contributed by atoms with Crippen molar-refractivity contribution in [2.24, 2.45) is 0 Å². The number of rotatable bonds is 9. The van der Waals surface area contributed by atoms with Crippen LogP contribution >= 0.6 is 0 Å². The molecule has 9 aromatic carbocycles. The largest absolute Gasteiger partial charge is 0.457 e. The number of benzene rings is 9. The predicted molar refractivity (Wildman–Crippen MR) is 294 cm³/mol. The number of nitrogens with zero attached hydrogens (tertiary/aromatic N) is 4. The number of fused-ring (bicyclic) bond motifs is 1. The smallest absolute Gasteiger partial charge is 0.181 e. The number of hydrogen-bond donors (Lipinski definition) is 0. The second kappa shape index (κ2) is 16.4. The fourth-order valence-electron chi connectivity index (χ4n) is 11.4. The first-order valence-corrected chi connectivity index (χ1v) is 26.2. The highest BCUT2D eigenvalue weighted by atomic mass is 28.3. The Morgan fingerprint density at radius 2 is 1.04 bits per heavy atom. The molecule has 2 aromatic heterocycles. The van der Waals surface area contributed by atoms with Crippen molar-refractivity contribution >= 4 is 73.4 Å². The predicted octanol–water partition coefficient (Wildman–Crippen LogP) is 13.5. The van der Waals surface area contributed by atoms with Crippen molar-refractivity contribution in [2.75, 3.05) is 16.5 Å². The van der Waals surface area contributed by atoms with Crippen LogP contribution in [0.5, 0.6) is 11.5 Å². The normalized spacial score (nSPS) is 13.6. The van der Waals surface area contributed by atoms with Gasteiger partial charge < -0.3 is 14.5 Å². The van der Waals surface area contributed by atoms with Crippen LogP contribution in [0.3, 0.4) is 0 Å². The summed E-state index contributed by atoms with van der Waals surface area (Å²) >= 11 is 0. The minimum absolute atomic E-state index is 0.0475. The highest BCUT2D eigenvalue weighted by molar-refractivity contribution is 7.23. The molecule has 0 amide bonds. The molecule has 0 atom stereocenters. The average Bonchev–Trinajstić information content (AvgIpc) is 4.07. The van der Waals surface area contributed by atoms with Gasteiger partial charge in [-0.05, 0) is 91.4 Å². The van der Waals surface area contributed by atoms with Gasteiger partial charge in [0.15, 0.2) is 8.07 Å². The summed E-state index contributed by atoms with van der Waals surface area (Å²) in [5.74, 6) is 2.48. The SMILES string of the molecule is CC(C)(C)c1ccnc(-n2c3cccc4c3c3c(cc(Oc5cccc(N6CN(c7c(-c8ccccc8)cccc7-c7ccccc7)c7ccccc76)c5)cc32)[Si]4(c2ccccc2)c2ccccc2)c1. The Morgan fingerprint density at radius 1 is 0.471 bits per heavy atom. The Labute approximate surface area is 410 Å². The minimum Gasteiger partial charge on any atom is -0.457 e. The molecule has 0 saturated carbocycles. The molecule has 13 rings (SSSR count). The molecular weight excluding hydrogens is 869 g/mol. The highest BCUT2D eigenvalue weighted by Gasteiger charge is 2.49. The van der Waals surface area contributed by atoms with Crippen molar-refractivity contribution in [1.82, 2.24) is 9.55 Å². The second-order valence-corrected chi connectivity index (χ2v) is 23.3. The van der Waals surface area contributed by atoms with Crippen LogP contribution in [-0.2, 0) is 5.41 Å². The summed E-state index contributed by atoms with van der Waals surface area (Å²) in [5, 5.41) is 8.03. The molecule has 0 unspecified atom stereocenters. The van der Waals surface area contributed by atoms with Crippen molar-refractivity contribution in [3.63, 3.8) is 0 Å². The molecule has 0 spiro atoms. The summed E-state index contributed by atoms with van der Waals surface area (Å²) in [6, 6.07) is 83.9. The van der Waals surface area contributed by atoms with Crippen molar-refractivity contribution < 1.29 is 4.74 Å². The Hall–Kier alpha value is -8.45. The number of para-hydroxylation sites is 3. The quantitative estimate of drug-likeness (QED) is 0.135. The first-order chi connectivity index (χ1) is 34.4. The molecule has 5 nitrogen and oxygen atoms in total. The molecule has 70 heavy (non-hydrogen) atoms. The van der Waals surface area contributed by atoms with Gasteiger partial charge in [0.2, 0.25) is 0 Å². The monoisotopic (exact) mass is 918 g/mol. The van der Waals surface area contributed by atoms with E-state index in [-0.39, 0.29) is 5.41 Å². The lowest BCUT2D eigenvalue weighted by Gasteiger charge is -2.32. The van der Waals surface area contributed by atoms with Gasteiger partial charge in [0.25, 0.3) is 0 Å². The van der Waals surface area contributed by atoms with E-state index >= 15 is 0 Å². The Kier molecular flexibility index (Phi) is 9.75. The molecule has 0 bridgehead atoms. The molecule has 0 fully saturated rings. The molecule has 0 saturated heterocycles. The Morgan fingerprint density at radius 3 is 1.69 bits per heavy atom. The van der Waals surface area contributed by atoms with Crippen LogP contribution in [0.2, 0.25) is 0 Å². The lowest BCUT2D eigenvalue weighted by atomic mass is 9.88. The van der Waals surface area contributed by atoms with E-state index in [1.165, 1.54) is 65.0 Å². The molecule has 336 valence electrons. The van der Waals surface area contributed by atoms with Crippen LogP contribution < -0.4 is 35.3 Å². The van der Waals surface area contributed by atoms with Crippen molar-refractivity contribution in [3.8, 4) is 39.6 Å². The summed E-state index contributed by atoms with van der Waals surface area (Å²) in [7, 11) is -2.85. The van der Waals surface area contributed by atoms with Gasteiger partial charge >= 0.3 is 0 Å². The van der Waals surface area contributed by atoms with Gasteiger partial charge in [-0.2, -0.15) is 0 Å². The highest BCUT2D eigenvalue weighted by Crippen LogP contribution is 2.50. The number of hydrogen-bond acceptors (Lipinski definition) is 4. The van der Waals surface area contributed by atoms with E-state index in [1.807, 2.05) is 6.20 Å². The van der Waals surface area contributed by atoms with Crippen molar-refractivity contribution in [3.05, 3.63) is 242 Å². The van der Waals surface area contributed by atoms with E-state index in [2.05, 4.69) is 266 Å². The summed E-state index contributed by atoms with van der Waals surface area (Å²) in [5.41, 5.74) is 12.7. The third kappa shape index (κ3) is 6.55. The zero-order valence-electron chi connectivity index (χ0n) is 39.4. The maximum atomic E-state index is 7.25. The second-order valence-electron chi connectivity index (χ2n) is 19.6. The van der Waals surface area contributed by atoms with Gasteiger partial charge in [0.1, 0.15) is 24.0 Å². The van der Waals surface area contributed by atoms with Gasteiger partial charge in [-0.25, -0.2) is 4.98 Å². The van der Waals surface area contributed by atoms with Crippen LogP contribution in [0.1, 0.15) is 26.3 Å². The van der Waals surface area contributed by atoms with Crippen LogP contribution in [-0.4, -0.2) is 24.3 Å². The van der Waals surface area contributed by atoms with E-state index in [4.69, 9.17) is 9.72 Å². The maximum Gasteiger partial charge on any atom is 0.181 e. The molecule has 2 aliphatic heterocycles. The maximum absolute atomic E-state index is 7.25. The van der Waals surface area contributed by atoms with E-state index in [0.29, 0.717) is 6.67 Å². The fourth-order valence-corrected chi connectivity index (χ4v) is 16.6. The molecule has 6 heteroatoms. The number of aromatic nitrogens is 2. The van der Waals surface area contributed by atoms with Crippen LogP contribution in [0.4, 0.5) is 22.7 Å². The van der Waals surface area contributed by atoms with Crippen LogP contribution in [0.25, 0.3) is 49.9 Å². The topological polar surface area (TPSA) is 33.5 Å². The van der Waals surface area contributed by atoms with E-state index < -0.39 is 8.07 Å². The molecular formula is C64H50N4OSi. The lowest BCUT2D eigenvalue weighted by molar-refractivity contribution is 0.484. The van der Waals surface area contributed by atoms with Crippen LogP contribution in [0, 0.1) is 0 Å². The summed E-state index contributed by atoms with van der Waals surface area (Å²) in [6.07, 6.45) is 1.96. The average molecular weight is 919 g/mol. The standard InChI is InChI=1S/C64H50N4OSi/c1-64(2,3)46-37-38-65-60(39-46)68-56-35-20-36-58-61(56)62-57(68)41-49(42-59(62)70(58,50-27-12-6-13-28-50)51-29-14-7-15-30-51)69-48-26-18-25-47(40-48)66-43-67(55-34-17-16-33-54(55)66)63-52(44-21-8-4-9-22-44)31-19-32-53(63)45-23-10-5-11-24-45/h4-42H,43H2,1-3H3. The van der Waals surface area contributed by atoms with Crippen molar-refractivity contribution in [1.29, 1.82) is 0 Å². The third-order valence-corrected chi connectivity index (χ3v) is 19.3. The van der Waals surface area contributed by atoms with Gasteiger partial charge in [-0.3, -0.25) is 4.57 Å². The first kappa shape index (κ1) is 41.7. The fraction of sp³-hybridized carbons (Fsp3) is 0.0781. The van der Waals surface area contributed by atoms with Crippen molar-refractivity contribution in [2.45, 2.75) is 26.2 Å². The molecule has 4 heterocycles. The Bertz CT molecular complexity index is 3670. The summed E-state index contributed by atoms with van der Waals surface area (Å²) < 4.78 is 9.62. The van der Waals surface area contributed by atoms with Gasteiger partial charge in [0.05, 0.1) is 28.1 Å². The number of anilines is 4. The summed E-state index contributed by atoms with van der Waals surface area (Å²) in [4.78, 5) is 9.98. The van der Waals surface area contributed by atoms with E-state index in [0.717, 1.165) is 45.4 Å². The van der Waals surface area contributed by atoms with Gasteiger partial charge in [-0.15, -0.1) is 0 Å². The minimum atomic E-state index is -2.85. The molecule has 0 N–H and O–H groups in total. The molecule has 11 aromatic rings. The van der Waals surface area contributed by atoms with E-state index in [9.17, 15) is 0 Å². The van der Waals surface area contributed by atoms with E-state index in [1.54, 1.807) is 0 Å². The third-order valence-electron chi connectivity index (χ3n) is 14.5. The Balaban J connectivity index is 0.966. The van der Waals surface area contributed by atoms with Crippen LogP contribution in [0.15, 0.2) is 237 Å². The first-order valence-electron chi connectivity index (χ1n) is 24.2. The number of ether oxygens (including phenoxy) is 1. The van der Waals surface area contributed by atoms with Gasteiger partial charge in [0, 0.05) is 45.9 Å². The molecule has 0 aliphatic carbocycles. The number of pyridine rings is 1. The summed E-state index contributed by atoms with van der Waals surface area (Å²) in [6.45, 7) is 7.41. The molecule has 2 aliphatic rings. The zero-order chi connectivity index (χ0) is 47.0. The van der Waals surface area contributed by atoms with Gasteiger partial charge in [-0.1, -0.05) is 191 Å². The zero-order valence-corrected chi connectivity index (χ0v) is 40.4. The lowest BCUT2D eigenvalue weighted by Crippen LogP contribution is -2.73.